The van der Waals surface area contributed by atoms with Crippen molar-refractivity contribution in [1.29, 1.82) is 0 Å². The van der Waals surface area contributed by atoms with Crippen molar-refractivity contribution in [3.8, 4) is 0 Å². The molecule has 0 radical (unpaired) electrons. The first-order valence-electron chi connectivity index (χ1n) is 5.92. The number of benzene rings is 1. The van der Waals surface area contributed by atoms with Gasteiger partial charge in [0, 0.05) is 12.2 Å². The summed E-state index contributed by atoms with van der Waals surface area (Å²) < 4.78 is 13.2. The minimum atomic E-state index is -0.275. The molecule has 1 fully saturated rings. The molecule has 0 spiro atoms. The van der Waals surface area contributed by atoms with Gasteiger partial charge in [0.2, 0.25) is 0 Å². The smallest absolute Gasteiger partial charge is 0.125 e. The van der Waals surface area contributed by atoms with E-state index in [-0.39, 0.29) is 18.0 Å². The molecule has 0 bridgehead atoms. The second-order valence-corrected chi connectivity index (χ2v) is 4.33. The molecule has 0 heterocycles. The van der Waals surface area contributed by atoms with Gasteiger partial charge in [-0.3, -0.25) is 0 Å². The van der Waals surface area contributed by atoms with Crippen LogP contribution < -0.4 is 4.90 Å². The predicted octanol–water partition coefficient (Wildman–Crippen LogP) is 2.57. The number of hydrogen-bond donors (Lipinski definition) is 1. The Morgan fingerprint density at radius 1 is 1.44 bits per heavy atom. The highest BCUT2D eigenvalue weighted by atomic mass is 19.1. The van der Waals surface area contributed by atoms with Crippen molar-refractivity contribution in [2.75, 3.05) is 11.4 Å². The van der Waals surface area contributed by atoms with Crippen LogP contribution >= 0.6 is 0 Å². The molecule has 88 valence electrons. The van der Waals surface area contributed by atoms with E-state index in [2.05, 4.69) is 4.90 Å². The van der Waals surface area contributed by atoms with Crippen molar-refractivity contribution in [1.82, 2.24) is 0 Å². The summed E-state index contributed by atoms with van der Waals surface area (Å²) in [6, 6.07) is 6.75. The second kappa shape index (κ2) is 4.83. The third-order valence-electron chi connectivity index (χ3n) is 3.32. The summed E-state index contributed by atoms with van der Waals surface area (Å²) in [6.07, 6.45) is 2.63. The normalized spacial score (nSPS) is 24.7. The Kier molecular flexibility index (Phi) is 3.44. The maximum absolute atomic E-state index is 13.2. The number of aliphatic hydroxyl groups excluding tert-OH is 1. The quantitative estimate of drug-likeness (QED) is 0.851. The lowest BCUT2D eigenvalue weighted by atomic mass is 10.1. The van der Waals surface area contributed by atoms with E-state index in [1.807, 2.05) is 13.0 Å². The predicted molar refractivity (Wildman–Crippen MR) is 63.1 cm³/mol. The lowest BCUT2D eigenvalue weighted by Gasteiger charge is -2.32. The van der Waals surface area contributed by atoms with Gasteiger partial charge in [0.05, 0.1) is 12.1 Å². The minimum Gasteiger partial charge on any atom is -0.391 e. The van der Waals surface area contributed by atoms with Gasteiger partial charge < -0.3 is 10.0 Å². The minimum absolute atomic E-state index is 0.145. The molecular formula is C13H18FNO. The Balaban J connectivity index is 2.21. The Morgan fingerprint density at radius 3 is 2.81 bits per heavy atom. The van der Waals surface area contributed by atoms with Crippen LogP contribution in [0.1, 0.15) is 26.2 Å². The van der Waals surface area contributed by atoms with E-state index in [4.69, 9.17) is 0 Å². The van der Waals surface area contributed by atoms with Crippen LogP contribution in [0.4, 0.5) is 10.1 Å². The molecule has 0 unspecified atom stereocenters. The number of anilines is 1. The summed E-state index contributed by atoms with van der Waals surface area (Å²) >= 11 is 0. The lowest BCUT2D eigenvalue weighted by molar-refractivity contribution is 0.161. The summed E-state index contributed by atoms with van der Waals surface area (Å²) in [6.45, 7) is 2.83. The number of nitrogens with zero attached hydrogens (tertiary/aromatic N) is 1. The summed E-state index contributed by atoms with van der Waals surface area (Å²) in [5.41, 5.74) is 0.869. The average Bonchev–Trinajstić information content (AvgIpc) is 2.67. The van der Waals surface area contributed by atoms with Crippen LogP contribution in [0.25, 0.3) is 0 Å². The van der Waals surface area contributed by atoms with Crippen LogP contribution in [0.2, 0.25) is 0 Å². The van der Waals surface area contributed by atoms with Gasteiger partial charge in [0.15, 0.2) is 0 Å². The van der Waals surface area contributed by atoms with E-state index in [0.29, 0.717) is 0 Å². The number of rotatable bonds is 3. The highest BCUT2D eigenvalue weighted by molar-refractivity contribution is 5.48. The molecule has 1 aromatic carbocycles. The summed E-state index contributed by atoms with van der Waals surface area (Å²) in [5.74, 6) is -0.219. The van der Waals surface area contributed by atoms with Crippen LogP contribution in [0.3, 0.4) is 0 Å². The fourth-order valence-electron chi connectivity index (χ4n) is 2.55. The van der Waals surface area contributed by atoms with Gasteiger partial charge in [-0.15, -0.1) is 0 Å². The van der Waals surface area contributed by atoms with E-state index in [1.165, 1.54) is 12.1 Å². The van der Waals surface area contributed by atoms with Crippen LogP contribution in [0.15, 0.2) is 24.3 Å². The van der Waals surface area contributed by atoms with Gasteiger partial charge in [-0.05, 0) is 44.4 Å². The zero-order valence-electron chi connectivity index (χ0n) is 9.56. The zero-order valence-corrected chi connectivity index (χ0v) is 9.56. The molecule has 0 aromatic heterocycles. The molecule has 0 saturated heterocycles. The van der Waals surface area contributed by atoms with E-state index >= 15 is 0 Å². The third kappa shape index (κ3) is 2.19. The second-order valence-electron chi connectivity index (χ2n) is 4.33. The fourth-order valence-corrected chi connectivity index (χ4v) is 2.55. The molecule has 2 atom stereocenters. The maximum atomic E-state index is 13.2. The first-order chi connectivity index (χ1) is 7.72. The zero-order chi connectivity index (χ0) is 11.5. The van der Waals surface area contributed by atoms with E-state index in [9.17, 15) is 9.50 Å². The van der Waals surface area contributed by atoms with Crippen molar-refractivity contribution in [3.05, 3.63) is 30.1 Å². The standard InChI is InChI=1S/C13H18FNO/c1-2-15(12-7-4-8-13(12)16)11-6-3-5-10(14)9-11/h3,5-6,9,12-13,16H,2,4,7-8H2,1H3/t12-,13-/m0/s1. The molecular weight excluding hydrogens is 205 g/mol. The Morgan fingerprint density at radius 2 is 2.25 bits per heavy atom. The highest BCUT2D eigenvalue weighted by Crippen LogP contribution is 2.28. The Labute approximate surface area is 95.7 Å². The molecule has 0 amide bonds. The molecule has 1 aromatic rings. The molecule has 1 N–H and O–H groups in total. The third-order valence-corrected chi connectivity index (χ3v) is 3.32. The van der Waals surface area contributed by atoms with Crippen LogP contribution in [0.5, 0.6) is 0 Å². The van der Waals surface area contributed by atoms with E-state index in [1.54, 1.807) is 6.07 Å². The number of hydrogen-bond acceptors (Lipinski definition) is 2. The Bertz CT molecular complexity index is 356. The van der Waals surface area contributed by atoms with Gasteiger partial charge in [-0.25, -0.2) is 4.39 Å². The molecule has 0 aliphatic heterocycles. The van der Waals surface area contributed by atoms with Crippen LogP contribution in [0, 0.1) is 5.82 Å². The van der Waals surface area contributed by atoms with Gasteiger partial charge in [0.1, 0.15) is 5.82 Å². The number of aliphatic hydroxyl groups is 1. The molecule has 1 saturated carbocycles. The van der Waals surface area contributed by atoms with Crippen molar-refractivity contribution < 1.29 is 9.50 Å². The maximum Gasteiger partial charge on any atom is 0.125 e. The fraction of sp³-hybridized carbons (Fsp3) is 0.538. The molecule has 2 nitrogen and oxygen atoms in total. The number of likely N-dealkylation sites (N-methyl/N-ethyl adjacent to an activating group) is 1. The van der Waals surface area contributed by atoms with E-state index in [0.717, 1.165) is 31.5 Å². The van der Waals surface area contributed by atoms with Crippen molar-refractivity contribution >= 4 is 5.69 Å². The first-order valence-corrected chi connectivity index (χ1v) is 5.92. The molecule has 16 heavy (non-hydrogen) atoms. The van der Waals surface area contributed by atoms with Crippen molar-refractivity contribution in [3.63, 3.8) is 0 Å². The molecule has 1 aliphatic carbocycles. The van der Waals surface area contributed by atoms with Gasteiger partial charge in [0.25, 0.3) is 0 Å². The monoisotopic (exact) mass is 223 g/mol. The Hall–Kier alpha value is -1.09. The lowest BCUT2D eigenvalue weighted by Crippen LogP contribution is -2.40. The van der Waals surface area contributed by atoms with Gasteiger partial charge in [-0.1, -0.05) is 6.07 Å². The SMILES string of the molecule is CCN(c1cccc(F)c1)[C@H]1CCC[C@@H]1O. The van der Waals surface area contributed by atoms with Crippen molar-refractivity contribution in [2.45, 2.75) is 38.3 Å². The first kappa shape index (κ1) is 11.4. The van der Waals surface area contributed by atoms with Gasteiger partial charge in [-0.2, -0.15) is 0 Å². The van der Waals surface area contributed by atoms with Gasteiger partial charge >= 0.3 is 0 Å². The molecule has 3 heteroatoms. The summed E-state index contributed by atoms with van der Waals surface area (Å²) in [7, 11) is 0. The van der Waals surface area contributed by atoms with Crippen molar-refractivity contribution in [2.24, 2.45) is 0 Å². The highest BCUT2D eigenvalue weighted by Gasteiger charge is 2.30. The topological polar surface area (TPSA) is 23.5 Å². The number of halogens is 1. The average molecular weight is 223 g/mol. The van der Waals surface area contributed by atoms with Crippen LogP contribution in [-0.2, 0) is 0 Å². The molecule has 1 aliphatic rings. The largest absolute Gasteiger partial charge is 0.391 e. The summed E-state index contributed by atoms with van der Waals surface area (Å²) in [4.78, 5) is 2.10. The molecule has 2 rings (SSSR count). The van der Waals surface area contributed by atoms with Crippen LogP contribution in [-0.4, -0.2) is 23.8 Å². The van der Waals surface area contributed by atoms with E-state index < -0.39 is 0 Å². The summed E-state index contributed by atoms with van der Waals surface area (Å²) in [5, 5.41) is 9.89.